The quantitative estimate of drug-likeness (QED) is 0.852. The van der Waals surface area contributed by atoms with Gasteiger partial charge in [0, 0.05) is 31.4 Å². The molecule has 0 bridgehead atoms. The average Bonchev–Trinajstić information content (AvgIpc) is 2.79. The van der Waals surface area contributed by atoms with Crippen molar-refractivity contribution in [2.45, 2.75) is 19.9 Å². The van der Waals surface area contributed by atoms with Crippen molar-refractivity contribution < 1.29 is 4.74 Å². The maximum atomic E-state index is 5.87. The van der Waals surface area contributed by atoms with Crippen LogP contribution in [0.15, 0.2) is 30.5 Å². The van der Waals surface area contributed by atoms with Crippen LogP contribution in [0.2, 0.25) is 5.02 Å². The van der Waals surface area contributed by atoms with Gasteiger partial charge in [0.05, 0.1) is 12.3 Å². The smallest absolute Gasteiger partial charge is 0.203 e. The molecule has 0 radical (unpaired) electrons. The molecule has 0 unspecified atom stereocenters. The van der Waals surface area contributed by atoms with Crippen molar-refractivity contribution in [3.05, 3.63) is 46.7 Å². The second-order valence-corrected chi connectivity index (χ2v) is 5.13. The van der Waals surface area contributed by atoms with E-state index in [0.29, 0.717) is 6.61 Å². The highest BCUT2D eigenvalue weighted by Gasteiger charge is 2.04. The lowest BCUT2D eigenvalue weighted by molar-refractivity contribution is 0.187. The number of hydrogen-bond acceptors (Lipinski definition) is 3. The molecule has 2 rings (SSSR count). The predicted octanol–water partition coefficient (Wildman–Crippen LogP) is 3.15. The molecule has 0 saturated carbocycles. The highest BCUT2D eigenvalue weighted by atomic mass is 35.5. The van der Waals surface area contributed by atoms with E-state index >= 15 is 0 Å². The summed E-state index contributed by atoms with van der Waals surface area (Å²) in [6.07, 6.45) is 2.97. The number of imidazole rings is 1. The summed E-state index contributed by atoms with van der Waals surface area (Å²) in [5.74, 6) is 0.897. The summed E-state index contributed by atoms with van der Waals surface area (Å²) in [6.45, 7) is 4.32. The van der Waals surface area contributed by atoms with Crippen molar-refractivity contribution in [1.29, 1.82) is 0 Å². The van der Waals surface area contributed by atoms with Gasteiger partial charge < -0.3 is 14.6 Å². The van der Waals surface area contributed by atoms with E-state index in [-0.39, 0.29) is 0 Å². The Morgan fingerprint density at radius 2 is 2.05 bits per heavy atom. The number of methoxy groups -OCH3 is 1. The molecule has 0 aliphatic heterocycles. The van der Waals surface area contributed by atoms with Gasteiger partial charge in [-0.1, -0.05) is 23.7 Å². The molecule has 0 fully saturated rings. The molecule has 1 heterocycles. The van der Waals surface area contributed by atoms with Crippen molar-refractivity contribution in [2.75, 3.05) is 25.6 Å². The summed E-state index contributed by atoms with van der Waals surface area (Å²) < 4.78 is 7.19. The Hall–Kier alpha value is -1.52. The molecule has 0 atom stereocenters. The highest BCUT2D eigenvalue weighted by Crippen LogP contribution is 2.11. The Labute approximate surface area is 124 Å². The van der Waals surface area contributed by atoms with Crippen molar-refractivity contribution in [3.63, 3.8) is 0 Å². The third-order valence-corrected chi connectivity index (χ3v) is 3.30. The lowest BCUT2D eigenvalue weighted by atomic mass is 10.1. The van der Waals surface area contributed by atoms with Gasteiger partial charge in [-0.05, 0) is 31.0 Å². The third-order valence-electron chi connectivity index (χ3n) is 3.04. The van der Waals surface area contributed by atoms with Crippen LogP contribution in [0, 0.1) is 6.92 Å². The molecule has 1 aromatic heterocycles. The molecule has 4 nitrogen and oxygen atoms in total. The van der Waals surface area contributed by atoms with E-state index in [1.807, 2.05) is 37.4 Å². The molecule has 0 saturated heterocycles. The van der Waals surface area contributed by atoms with Crippen molar-refractivity contribution >= 4 is 17.5 Å². The summed E-state index contributed by atoms with van der Waals surface area (Å²) in [5, 5.41) is 4.14. The Kier molecular flexibility index (Phi) is 5.44. The van der Waals surface area contributed by atoms with E-state index < -0.39 is 0 Å². The summed E-state index contributed by atoms with van der Waals surface area (Å²) in [5.41, 5.74) is 2.27. The summed E-state index contributed by atoms with van der Waals surface area (Å²) in [4.78, 5) is 4.48. The van der Waals surface area contributed by atoms with Crippen LogP contribution >= 0.6 is 11.6 Å². The minimum atomic E-state index is 0.682. The number of hydrogen-bond donors (Lipinski definition) is 1. The van der Waals surface area contributed by atoms with Crippen molar-refractivity contribution in [3.8, 4) is 0 Å². The van der Waals surface area contributed by atoms with E-state index in [2.05, 4.69) is 14.9 Å². The molecule has 0 amide bonds. The molecular formula is C15H20ClN3O. The lowest BCUT2D eigenvalue weighted by Crippen LogP contribution is -2.12. The van der Waals surface area contributed by atoms with Crippen molar-refractivity contribution in [1.82, 2.24) is 9.55 Å². The first-order valence-corrected chi connectivity index (χ1v) is 7.08. The SMILES string of the molecule is COCCn1cc(C)nc1NCCc1ccc(Cl)cc1. The zero-order valence-electron chi connectivity index (χ0n) is 11.9. The minimum Gasteiger partial charge on any atom is -0.383 e. The molecule has 20 heavy (non-hydrogen) atoms. The van der Waals surface area contributed by atoms with E-state index in [1.54, 1.807) is 7.11 Å². The number of aromatic nitrogens is 2. The van der Waals surface area contributed by atoms with Crippen LogP contribution in [0.25, 0.3) is 0 Å². The molecule has 2 aromatic rings. The standard InChI is InChI=1S/C15H20ClN3O/c1-12-11-19(9-10-20-2)15(18-12)17-8-7-13-3-5-14(16)6-4-13/h3-6,11H,7-10H2,1-2H3,(H,17,18). The van der Waals surface area contributed by atoms with E-state index in [0.717, 1.165) is 36.2 Å². The zero-order chi connectivity index (χ0) is 14.4. The van der Waals surface area contributed by atoms with Crippen LogP contribution < -0.4 is 5.32 Å². The number of benzene rings is 1. The van der Waals surface area contributed by atoms with Crippen LogP contribution in [0.4, 0.5) is 5.95 Å². The summed E-state index contributed by atoms with van der Waals surface area (Å²) in [6, 6.07) is 7.93. The van der Waals surface area contributed by atoms with E-state index in [4.69, 9.17) is 16.3 Å². The van der Waals surface area contributed by atoms with Gasteiger partial charge >= 0.3 is 0 Å². The van der Waals surface area contributed by atoms with Gasteiger partial charge in [0.15, 0.2) is 0 Å². The third kappa shape index (κ3) is 4.25. The molecule has 108 valence electrons. The van der Waals surface area contributed by atoms with Gasteiger partial charge in [-0.2, -0.15) is 0 Å². The maximum absolute atomic E-state index is 5.87. The van der Waals surface area contributed by atoms with Gasteiger partial charge in [-0.3, -0.25) is 0 Å². The minimum absolute atomic E-state index is 0.682. The van der Waals surface area contributed by atoms with E-state index in [1.165, 1.54) is 5.56 Å². The zero-order valence-corrected chi connectivity index (χ0v) is 12.7. The topological polar surface area (TPSA) is 39.1 Å². The molecule has 0 aliphatic rings. The van der Waals surface area contributed by atoms with E-state index in [9.17, 15) is 0 Å². The second-order valence-electron chi connectivity index (χ2n) is 4.70. The van der Waals surface area contributed by atoms with Gasteiger partial charge in [0.25, 0.3) is 0 Å². The Morgan fingerprint density at radius 1 is 1.30 bits per heavy atom. The van der Waals surface area contributed by atoms with Gasteiger partial charge in [0.2, 0.25) is 5.95 Å². The number of halogens is 1. The second kappa shape index (κ2) is 7.31. The maximum Gasteiger partial charge on any atom is 0.203 e. The lowest BCUT2D eigenvalue weighted by Gasteiger charge is -2.09. The monoisotopic (exact) mass is 293 g/mol. The van der Waals surface area contributed by atoms with Crippen LogP contribution in [0.3, 0.4) is 0 Å². The van der Waals surface area contributed by atoms with Crippen LogP contribution in [-0.2, 0) is 17.7 Å². The average molecular weight is 294 g/mol. The summed E-state index contributed by atoms with van der Waals surface area (Å²) >= 11 is 5.87. The fraction of sp³-hybridized carbons (Fsp3) is 0.400. The molecule has 1 N–H and O–H groups in total. The first-order chi connectivity index (χ1) is 9.69. The van der Waals surface area contributed by atoms with Gasteiger partial charge in [-0.25, -0.2) is 4.98 Å². The van der Waals surface area contributed by atoms with Crippen LogP contribution in [0.5, 0.6) is 0 Å². The van der Waals surface area contributed by atoms with Crippen molar-refractivity contribution in [2.24, 2.45) is 0 Å². The predicted molar refractivity (Wildman–Crippen MR) is 82.5 cm³/mol. The van der Waals surface area contributed by atoms with Gasteiger partial charge in [0.1, 0.15) is 0 Å². The largest absolute Gasteiger partial charge is 0.383 e. The Balaban J connectivity index is 1.88. The Morgan fingerprint density at radius 3 is 2.75 bits per heavy atom. The molecule has 0 spiro atoms. The number of rotatable bonds is 7. The fourth-order valence-electron chi connectivity index (χ4n) is 2.02. The first kappa shape index (κ1) is 14.9. The number of ether oxygens (including phenoxy) is 1. The summed E-state index contributed by atoms with van der Waals surface area (Å²) in [7, 11) is 1.71. The molecule has 1 aromatic carbocycles. The van der Waals surface area contributed by atoms with Gasteiger partial charge in [-0.15, -0.1) is 0 Å². The van der Waals surface area contributed by atoms with Crippen LogP contribution in [0.1, 0.15) is 11.3 Å². The molecule has 0 aliphatic carbocycles. The number of aryl methyl sites for hydroxylation is 1. The van der Waals surface area contributed by atoms with Crippen LogP contribution in [-0.4, -0.2) is 29.8 Å². The highest BCUT2D eigenvalue weighted by molar-refractivity contribution is 6.30. The molecular weight excluding hydrogens is 274 g/mol. The fourth-order valence-corrected chi connectivity index (χ4v) is 2.14. The number of nitrogens with zero attached hydrogens (tertiary/aromatic N) is 2. The number of anilines is 1. The first-order valence-electron chi connectivity index (χ1n) is 6.70. The number of nitrogens with one attached hydrogen (secondary N) is 1. The Bertz CT molecular complexity index is 537. The normalized spacial score (nSPS) is 10.8. The molecule has 5 heteroatoms.